The predicted molar refractivity (Wildman–Crippen MR) is 86.5 cm³/mol. The van der Waals surface area contributed by atoms with Gasteiger partial charge in [0.05, 0.1) is 38.2 Å². The molecule has 0 atom stereocenters. The van der Waals surface area contributed by atoms with Crippen molar-refractivity contribution in [2.75, 3.05) is 28.4 Å². The molecule has 6 nitrogen and oxygen atoms in total. The summed E-state index contributed by atoms with van der Waals surface area (Å²) in [6, 6.07) is 6.28. The zero-order valence-corrected chi connectivity index (χ0v) is 14.1. The number of phenols is 2. The second kappa shape index (κ2) is 7.23. The lowest BCUT2D eigenvalue weighted by Crippen LogP contribution is -1.92. The molecule has 0 heterocycles. The molecule has 0 aliphatic rings. The number of hydrogen-bond acceptors (Lipinski definition) is 7. The van der Waals surface area contributed by atoms with E-state index >= 15 is 0 Å². The number of methoxy groups -OCH3 is 4. The Morgan fingerprint density at radius 3 is 1.26 bits per heavy atom. The fourth-order valence-electron chi connectivity index (χ4n) is 1.99. The highest BCUT2D eigenvalue weighted by Crippen LogP contribution is 2.46. The molecular formula is C16H18O6S. The van der Waals surface area contributed by atoms with Gasteiger partial charge in [-0.3, -0.25) is 0 Å². The maximum atomic E-state index is 9.84. The quantitative estimate of drug-likeness (QED) is 0.837. The monoisotopic (exact) mass is 338 g/mol. The van der Waals surface area contributed by atoms with Crippen LogP contribution in [0.1, 0.15) is 0 Å². The third kappa shape index (κ3) is 3.50. The van der Waals surface area contributed by atoms with E-state index in [1.54, 1.807) is 12.1 Å². The topological polar surface area (TPSA) is 77.4 Å². The van der Waals surface area contributed by atoms with E-state index in [4.69, 9.17) is 18.9 Å². The van der Waals surface area contributed by atoms with Crippen LogP contribution in [0.4, 0.5) is 0 Å². The lowest BCUT2D eigenvalue weighted by Gasteiger charge is -2.14. The van der Waals surface area contributed by atoms with Gasteiger partial charge in [0.25, 0.3) is 0 Å². The van der Waals surface area contributed by atoms with Crippen LogP contribution in [0.25, 0.3) is 0 Å². The van der Waals surface area contributed by atoms with Gasteiger partial charge in [0, 0.05) is 24.3 Å². The van der Waals surface area contributed by atoms with Crippen LogP contribution in [-0.4, -0.2) is 38.7 Å². The van der Waals surface area contributed by atoms with Crippen LogP contribution >= 0.6 is 11.8 Å². The number of phenolic OH excluding ortho intramolecular Hbond substituents is 2. The van der Waals surface area contributed by atoms with Crippen molar-refractivity contribution in [1.82, 2.24) is 0 Å². The van der Waals surface area contributed by atoms with Gasteiger partial charge in [-0.05, 0) is 0 Å². The highest BCUT2D eigenvalue weighted by atomic mass is 32.2. The van der Waals surface area contributed by atoms with E-state index in [1.807, 2.05) is 0 Å². The molecule has 23 heavy (non-hydrogen) atoms. The molecule has 0 bridgehead atoms. The highest BCUT2D eigenvalue weighted by molar-refractivity contribution is 7.99. The molecule has 2 aromatic rings. The first kappa shape index (κ1) is 17.0. The van der Waals surface area contributed by atoms with Gasteiger partial charge in [0.1, 0.15) is 11.5 Å². The summed E-state index contributed by atoms with van der Waals surface area (Å²) in [6.07, 6.45) is 0. The van der Waals surface area contributed by atoms with E-state index in [2.05, 4.69) is 0 Å². The Hall–Kier alpha value is -2.41. The molecular weight excluding hydrogens is 320 g/mol. The van der Waals surface area contributed by atoms with Crippen molar-refractivity contribution in [3.8, 4) is 34.5 Å². The Balaban J connectivity index is 2.49. The van der Waals surface area contributed by atoms with E-state index in [9.17, 15) is 10.2 Å². The lowest BCUT2D eigenvalue weighted by molar-refractivity contribution is 0.360. The van der Waals surface area contributed by atoms with E-state index in [0.717, 1.165) is 0 Å². The Morgan fingerprint density at radius 2 is 0.957 bits per heavy atom. The Labute approximate surface area is 138 Å². The summed E-state index contributed by atoms with van der Waals surface area (Å²) in [6.45, 7) is 0. The first-order valence-electron chi connectivity index (χ1n) is 6.61. The second-order valence-electron chi connectivity index (χ2n) is 4.45. The number of benzene rings is 2. The summed E-state index contributed by atoms with van der Waals surface area (Å²) in [5.41, 5.74) is 0. The van der Waals surface area contributed by atoms with Gasteiger partial charge in [0.2, 0.25) is 0 Å². The van der Waals surface area contributed by atoms with Crippen LogP contribution in [0.5, 0.6) is 34.5 Å². The van der Waals surface area contributed by atoms with Crippen LogP contribution in [0, 0.1) is 0 Å². The largest absolute Gasteiger partial charge is 0.504 e. The highest BCUT2D eigenvalue weighted by Gasteiger charge is 2.16. The fourth-order valence-corrected chi connectivity index (χ4v) is 3.04. The zero-order chi connectivity index (χ0) is 17.0. The van der Waals surface area contributed by atoms with Crippen molar-refractivity contribution in [2.24, 2.45) is 0 Å². The van der Waals surface area contributed by atoms with Crippen molar-refractivity contribution in [1.29, 1.82) is 0 Å². The van der Waals surface area contributed by atoms with Crippen molar-refractivity contribution in [2.45, 2.75) is 9.79 Å². The fraction of sp³-hybridized carbons (Fsp3) is 0.250. The number of hydrogen-bond donors (Lipinski definition) is 2. The van der Waals surface area contributed by atoms with Crippen LogP contribution in [0.2, 0.25) is 0 Å². The lowest BCUT2D eigenvalue weighted by atomic mass is 10.3. The number of rotatable bonds is 6. The maximum Gasteiger partial charge on any atom is 0.161 e. The predicted octanol–water partition coefficient (Wildman–Crippen LogP) is 3.28. The summed E-state index contributed by atoms with van der Waals surface area (Å²) in [5, 5.41) is 19.7. The van der Waals surface area contributed by atoms with E-state index in [-0.39, 0.29) is 11.5 Å². The van der Waals surface area contributed by atoms with Crippen molar-refractivity contribution < 1.29 is 29.2 Å². The van der Waals surface area contributed by atoms with Crippen LogP contribution in [0.15, 0.2) is 34.1 Å². The number of aromatic hydroxyl groups is 2. The molecule has 0 saturated carbocycles. The molecule has 0 radical (unpaired) electrons. The summed E-state index contributed by atoms with van der Waals surface area (Å²) in [7, 11) is 5.97. The van der Waals surface area contributed by atoms with Crippen LogP contribution in [-0.2, 0) is 0 Å². The summed E-state index contributed by atoms with van der Waals surface area (Å²) >= 11 is 1.33. The SMILES string of the molecule is COc1cc(Sc2cc(OC)c(O)cc2OC)c(OC)cc1O. The molecule has 2 N–H and O–H groups in total. The molecule has 0 amide bonds. The van der Waals surface area contributed by atoms with Gasteiger partial charge in [-0.25, -0.2) is 0 Å². The van der Waals surface area contributed by atoms with Gasteiger partial charge in [-0.1, -0.05) is 11.8 Å². The normalized spacial score (nSPS) is 10.3. The summed E-state index contributed by atoms with van der Waals surface area (Å²) in [4.78, 5) is 1.43. The molecule has 0 saturated heterocycles. The molecule has 7 heteroatoms. The minimum absolute atomic E-state index is 0.0102. The molecule has 124 valence electrons. The molecule has 0 unspecified atom stereocenters. The smallest absolute Gasteiger partial charge is 0.161 e. The first-order chi connectivity index (χ1) is 11.0. The van der Waals surface area contributed by atoms with E-state index < -0.39 is 0 Å². The molecule has 2 rings (SSSR count). The molecule has 0 aliphatic heterocycles. The van der Waals surface area contributed by atoms with E-state index in [1.165, 1.54) is 52.3 Å². The summed E-state index contributed by atoms with van der Waals surface area (Å²) < 4.78 is 20.8. The average Bonchev–Trinajstić information content (AvgIpc) is 2.56. The van der Waals surface area contributed by atoms with E-state index in [0.29, 0.717) is 32.8 Å². The van der Waals surface area contributed by atoms with Crippen LogP contribution < -0.4 is 18.9 Å². The standard InChI is InChI=1S/C16H18O6S/c1-19-11-7-15(13(21-3)5-9(11)17)23-16-8-12(20-2)10(18)6-14(16)22-4/h5-8,17-18H,1-4H3. The molecule has 0 aliphatic carbocycles. The van der Waals surface area contributed by atoms with Crippen LogP contribution in [0.3, 0.4) is 0 Å². The minimum Gasteiger partial charge on any atom is -0.504 e. The van der Waals surface area contributed by atoms with Gasteiger partial charge >= 0.3 is 0 Å². The van der Waals surface area contributed by atoms with Gasteiger partial charge < -0.3 is 29.2 Å². The minimum atomic E-state index is -0.0102. The Bertz CT molecular complexity index is 642. The number of ether oxygens (including phenoxy) is 4. The van der Waals surface area contributed by atoms with Gasteiger partial charge in [0.15, 0.2) is 23.0 Å². The van der Waals surface area contributed by atoms with Crippen molar-refractivity contribution in [3.05, 3.63) is 24.3 Å². The zero-order valence-electron chi connectivity index (χ0n) is 13.2. The molecule has 0 fully saturated rings. The van der Waals surface area contributed by atoms with Gasteiger partial charge in [-0.2, -0.15) is 0 Å². The molecule has 0 aromatic heterocycles. The third-order valence-electron chi connectivity index (χ3n) is 3.15. The van der Waals surface area contributed by atoms with Crippen molar-refractivity contribution in [3.63, 3.8) is 0 Å². The first-order valence-corrected chi connectivity index (χ1v) is 7.43. The molecule has 0 spiro atoms. The molecule has 2 aromatic carbocycles. The Kier molecular flexibility index (Phi) is 5.33. The Morgan fingerprint density at radius 1 is 0.609 bits per heavy atom. The second-order valence-corrected chi connectivity index (χ2v) is 5.54. The summed E-state index contributed by atoms with van der Waals surface area (Å²) in [5.74, 6) is 1.62. The van der Waals surface area contributed by atoms with Gasteiger partial charge in [-0.15, -0.1) is 0 Å². The maximum absolute atomic E-state index is 9.84. The third-order valence-corrected chi connectivity index (χ3v) is 4.23. The average molecular weight is 338 g/mol. The van der Waals surface area contributed by atoms with Crippen molar-refractivity contribution >= 4 is 11.8 Å².